The van der Waals surface area contributed by atoms with Crippen LogP contribution in [0.25, 0.3) is 0 Å². The quantitative estimate of drug-likeness (QED) is 0.527. The maximum Gasteiger partial charge on any atom is 0.289 e. The van der Waals surface area contributed by atoms with Crippen molar-refractivity contribution in [3.05, 3.63) is 83.8 Å². The molecular weight excluding hydrogens is 424 g/mol. The molecule has 0 N–H and O–H groups in total. The van der Waals surface area contributed by atoms with Crippen LogP contribution in [0.3, 0.4) is 0 Å². The highest BCUT2D eigenvalue weighted by Crippen LogP contribution is 2.23. The van der Waals surface area contributed by atoms with Crippen molar-refractivity contribution in [1.29, 1.82) is 0 Å². The number of piperidine rings is 1. The van der Waals surface area contributed by atoms with Crippen LogP contribution in [-0.2, 0) is 22.1 Å². The van der Waals surface area contributed by atoms with Gasteiger partial charge in [0, 0.05) is 37.9 Å². The zero-order valence-electron chi connectivity index (χ0n) is 18.2. The molecule has 2 aromatic carbocycles. The lowest BCUT2D eigenvalue weighted by atomic mass is 10.1. The van der Waals surface area contributed by atoms with E-state index in [1.54, 1.807) is 48.3 Å². The van der Waals surface area contributed by atoms with Crippen LogP contribution in [0, 0.1) is 0 Å². The van der Waals surface area contributed by atoms with Crippen LogP contribution in [0.2, 0.25) is 0 Å². The summed E-state index contributed by atoms with van der Waals surface area (Å²) < 4.78 is 30.9. The molecule has 0 saturated carbocycles. The molecule has 1 fully saturated rings. The number of sulfone groups is 1. The third-order valence-electron chi connectivity index (χ3n) is 5.81. The summed E-state index contributed by atoms with van der Waals surface area (Å²) in [5.41, 5.74) is 2.58. The van der Waals surface area contributed by atoms with Crippen LogP contribution >= 0.6 is 0 Å². The minimum atomic E-state index is -3.57. The molecule has 0 radical (unpaired) electrons. The van der Waals surface area contributed by atoms with Crippen molar-refractivity contribution in [3.63, 3.8) is 0 Å². The molecule has 0 unspecified atom stereocenters. The van der Waals surface area contributed by atoms with Gasteiger partial charge in [0.15, 0.2) is 15.6 Å². The molecular formula is C25H28N2O4S. The molecule has 0 bridgehead atoms. The number of carbonyl (C=O) groups is 1. The molecule has 1 amide bonds. The Morgan fingerprint density at radius 3 is 2.34 bits per heavy atom. The summed E-state index contributed by atoms with van der Waals surface area (Å²) in [6.45, 7) is 2.58. The smallest absolute Gasteiger partial charge is 0.289 e. The molecule has 1 aromatic heterocycles. The van der Waals surface area contributed by atoms with Gasteiger partial charge in [0.2, 0.25) is 0 Å². The summed E-state index contributed by atoms with van der Waals surface area (Å²) >= 11 is 0. The van der Waals surface area contributed by atoms with Gasteiger partial charge < -0.3 is 14.2 Å². The van der Waals surface area contributed by atoms with Gasteiger partial charge in [-0.2, -0.15) is 0 Å². The van der Waals surface area contributed by atoms with Crippen molar-refractivity contribution in [2.24, 2.45) is 0 Å². The number of hydrogen-bond donors (Lipinski definition) is 0. The normalized spacial score (nSPS) is 14.3. The average molecular weight is 453 g/mol. The van der Waals surface area contributed by atoms with Gasteiger partial charge in [-0.3, -0.25) is 4.79 Å². The van der Waals surface area contributed by atoms with Gasteiger partial charge in [-0.15, -0.1) is 0 Å². The summed E-state index contributed by atoms with van der Waals surface area (Å²) in [4.78, 5) is 17.2. The van der Waals surface area contributed by atoms with Crippen LogP contribution < -0.4 is 4.90 Å². The van der Waals surface area contributed by atoms with Crippen molar-refractivity contribution in [2.45, 2.75) is 36.5 Å². The summed E-state index contributed by atoms with van der Waals surface area (Å²) in [5.74, 6) is -0.558. The molecule has 0 spiro atoms. The molecule has 1 saturated heterocycles. The van der Waals surface area contributed by atoms with Crippen molar-refractivity contribution in [1.82, 2.24) is 4.90 Å². The van der Waals surface area contributed by atoms with E-state index in [9.17, 15) is 13.2 Å². The number of furan rings is 1. The van der Waals surface area contributed by atoms with E-state index in [2.05, 4.69) is 17.0 Å². The lowest BCUT2D eigenvalue weighted by Crippen LogP contribution is -2.29. The summed E-state index contributed by atoms with van der Waals surface area (Å²) in [5, 5.41) is 0. The molecule has 1 aliphatic rings. The average Bonchev–Trinajstić information content (AvgIpc) is 3.27. The molecule has 1 aliphatic heterocycles. The predicted molar refractivity (Wildman–Crippen MR) is 124 cm³/mol. The second-order valence-electron chi connectivity index (χ2n) is 8.22. The molecule has 6 nitrogen and oxygen atoms in total. The van der Waals surface area contributed by atoms with Crippen molar-refractivity contribution >= 4 is 21.4 Å². The van der Waals surface area contributed by atoms with E-state index in [1.807, 2.05) is 12.1 Å². The Morgan fingerprint density at radius 1 is 0.969 bits per heavy atom. The number of rotatable bonds is 7. The maximum absolute atomic E-state index is 13.0. The largest absolute Gasteiger partial charge is 0.459 e. The first-order chi connectivity index (χ1) is 15.4. The van der Waals surface area contributed by atoms with Crippen molar-refractivity contribution in [2.75, 3.05) is 25.0 Å². The zero-order chi connectivity index (χ0) is 22.6. The Balaban J connectivity index is 1.43. The van der Waals surface area contributed by atoms with Crippen LogP contribution in [0.15, 0.2) is 76.2 Å². The monoisotopic (exact) mass is 452 g/mol. The number of benzene rings is 2. The minimum Gasteiger partial charge on any atom is -0.459 e. The Labute approximate surface area is 189 Å². The molecule has 32 heavy (non-hydrogen) atoms. The molecule has 4 rings (SSSR count). The molecule has 2 heterocycles. The number of amides is 1. The SMILES string of the molecule is CN(Cc1ccc(N2CCCCC2)cc1)C(=O)c1occc1CS(=O)(=O)c1ccccc1. The maximum atomic E-state index is 13.0. The number of hydrogen-bond acceptors (Lipinski definition) is 5. The van der Waals surface area contributed by atoms with E-state index in [1.165, 1.54) is 31.2 Å². The van der Waals surface area contributed by atoms with Crippen LogP contribution in [0.1, 0.15) is 40.9 Å². The highest BCUT2D eigenvalue weighted by molar-refractivity contribution is 7.90. The topological polar surface area (TPSA) is 70.8 Å². The third kappa shape index (κ3) is 5.05. The fraction of sp³-hybridized carbons (Fsp3) is 0.320. The molecule has 3 aromatic rings. The summed E-state index contributed by atoms with van der Waals surface area (Å²) in [7, 11) is -1.88. The van der Waals surface area contributed by atoms with Gasteiger partial charge >= 0.3 is 0 Å². The van der Waals surface area contributed by atoms with Gasteiger partial charge in [0.25, 0.3) is 5.91 Å². The van der Waals surface area contributed by atoms with E-state index >= 15 is 0 Å². The van der Waals surface area contributed by atoms with Gasteiger partial charge in [-0.1, -0.05) is 30.3 Å². The first-order valence-corrected chi connectivity index (χ1v) is 12.5. The Bertz CT molecular complexity index is 1150. The summed E-state index contributed by atoms with van der Waals surface area (Å²) in [6, 6.07) is 18.1. The van der Waals surface area contributed by atoms with E-state index in [0.717, 1.165) is 18.7 Å². The molecule has 168 valence electrons. The van der Waals surface area contributed by atoms with Gasteiger partial charge in [0.05, 0.1) is 16.9 Å². The summed E-state index contributed by atoms with van der Waals surface area (Å²) in [6.07, 6.45) is 5.11. The highest BCUT2D eigenvalue weighted by Gasteiger charge is 2.24. The van der Waals surface area contributed by atoms with Gasteiger partial charge in [0.1, 0.15) is 0 Å². The standard InChI is InChI=1S/C25H28N2O4S/c1-26(18-20-10-12-22(13-11-20)27-15-6-3-7-16-27)25(28)24-21(14-17-31-24)19-32(29,30)23-8-4-2-5-9-23/h2,4-5,8-14,17H,3,6-7,15-16,18-19H2,1H3. The fourth-order valence-corrected chi connectivity index (χ4v) is 5.41. The highest BCUT2D eigenvalue weighted by atomic mass is 32.2. The van der Waals surface area contributed by atoms with Crippen LogP contribution in [-0.4, -0.2) is 39.4 Å². The van der Waals surface area contributed by atoms with Gasteiger partial charge in [-0.25, -0.2) is 8.42 Å². The fourth-order valence-electron chi connectivity index (χ4n) is 4.04. The lowest BCUT2D eigenvalue weighted by molar-refractivity contribution is 0.0752. The molecule has 7 heteroatoms. The second kappa shape index (κ2) is 9.61. The van der Waals surface area contributed by atoms with Gasteiger partial charge in [-0.05, 0) is 55.2 Å². The first kappa shape index (κ1) is 22.1. The number of anilines is 1. The number of nitrogens with zero attached hydrogens (tertiary/aromatic N) is 2. The number of carbonyl (C=O) groups excluding carboxylic acids is 1. The Morgan fingerprint density at radius 2 is 1.66 bits per heavy atom. The van der Waals surface area contributed by atoms with E-state index in [0.29, 0.717) is 12.1 Å². The lowest BCUT2D eigenvalue weighted by Gasteiger charge is -2.29. The van der Waals surface area contributed by atoms with Crippen molar-refractivity contribution < 1.29 is 17.6 Å². The Kier molecular flexibility index (Phi) is 6.65. The zero-order valence-corrected chi connectivity index (χ0v) is 19.1. The predicted octanol–water partition coefficient (Wildman–Crippen LogP) is 4.52. The van der Waals surface area contributed by atoms with E-state index < -0.39 is 9.84 Å². The van der Waals surface area contributed by atoms with E-state index in [-0.39, 0.29) is 22.3 Å². The van der Waals surface area contributed by atoms with E-state index in [4.69, 9.17) is 4.42 Å². The van der Waals surface area contributed by atoms with Crippen LogP contribution in [0.4, 0.5) is 5.69 Å². The minimum absolute atomic E-state index is 0.0666. The van der Waals surface area contributed by atoms with Crippen LogP contribution in [0.5, 0.6) is 0 Å². The second-order valence-corrected chi connectivity index (χ2v) is 10.2. The third-order valence-corrected chi connectivity index (χ3v) is 7.49. The molecule has 0 aliphatic carbocycles. The molecule has 0 atom stereocenters. The Hall–Kier alpha value is -3.06. The van der Waals surface area contributed by atoms with Crippen molar-refractivity contribution in [3.8, 4) is 0 Å². The first-order valence-electron chi connectivity index (χ1n) is 10.9.